The molecule has 1 heterocycles. The van der Waals surface area contributed by atoms with Crippen LogP contribution >= 0.6 is 23.1 Å². The molecule has 0 saturated carbocycles. The first kappa shape index (κ1) is 26.2. The highest BCUT2D eigenvalue weighted by atomic mass is 32.2. The van der Waals surface area contributed by atoms with Crippen molar-refractivity contribution < 1.29 is 23.8 Å². The molecular weight excluding hydrogens is 494 g/mol. The minimum atomic E-state index is -0.944. The van der Waals surface area contributed by atoms with Crippen LogP contribution in [-0.4, -0.2) is 30.1 Å². The van der Waals surface area contributed by atoms with E-state index in [0.717, 1.165) is 57.0 Å². The zero-order valence-electron chi connectivity index (χ0n) is 20.6. The molecule has 190 valence electrons. The van der Waals surface area contributed by atoms with Gasteiger partial charge in [-0.15, -0.1) is 11.3 Å². The van der Waals surface area contributed by atoms with Crippen LogP contribution in [-0.2, 0) is 31.2 Å². The number of para-hydroxylation sites is 1. The molecule has 6 nitrogen and oxygen atoms in total. The number of thiazole rings is 1. The van der Waals surface area contributed by atoms with Crippen molar-refractivity contribution in [1.82, 2.24) is 4.98 Å². The van der Waals surface area contributed by atoms with Gasteiger partial charge in [-0.2, -0.15) is 0 Å². The SMILES string of the molecule is CCCOC(=O)C(C(=O)OCC)C1CCCc2nc(SCc3cccc(Oc4ccccc4)c3)sc21. The van der Waals surface area contributed by atoms with E-state index in [2.05, 4.69) is 6.07 Å². The summed E-state index contributed by atoms with van der Waals surface area (Å²) in [5, 5.41) is 0. The third-order valence-corrected chi connectivity index (χ3v) is 8.30. The molecule has 1 aliphatic carbocycles. The van der Waals surface area contributed by atoms with E-state index >= 15 is 0 Å². The summed E-state index contributed by atoms with van der Waals surface area (Å²) < 4.78 is 17.5. The van der Waals surface area contributed by atoms with Gasteiger partial charge in [-0.1, -0.05) is 49.0 Å². The van der Waals surface area contributed by atoms with Crippen molar-refractivity contribution in [2.24, 2.45) is 5.92 Å². The van der Waals surface area contributed by atoms with Gasteiger partial charge in [-0.05, 0) is 62.4 Å². The van der Waals surface area contributed by atoms with Crippen LogP contribution in [0.15, 0.2) is 58.9 Å². The molecule has 0 aliphatic heterocycles. The van der Waals surface area contributed by atoms with E-state index in [1.54, 1.807) is 30.0 Å². The van der Waals surface area contributed by atoms with Crippen LogP contribution in [0.25, 0.3) is 0 Å². The van der Waals surface area contributed by atoms with E-state index in [0.29, 0.717) is 13.0 Å². The predicted octanol–water partition coefficient (Wildman–Crippen LogP) is 6.78. The quantitative estimate of drug-likeness (QED) is 0.155. The van der Waals surface area contributed by atoms with Gasteiger partial charge in [0, 0.05) is 16.5 Å². The molecule has 2 aromatic carbocycles. The Morgan fingerprint density at radius 2 is 1.83 bits per heavy atom. The number of benzene rings is 2. The highest BCUT2D eigenvalue weighted by Gasteiger charge is 2.41. The fourth-order valence-electron chi connectivity index (χ4n) is 4.23. The van der Waals surface area contributed by atoms with Crippen LogP contribution in [0.3, 0.4) is 0 Å². The first-order chi connectivity index (χ1) is 17.6. The molecule has 1 aliphatic rings. The lowest BCUT2D eigenvalue weighted by atomic mass is 9.82. The lowest BCUT2D eigenvalue weighted by molar-refractivity contribution is -0.163. The number of ether oxygens (including phenoxy) is 3. The minimum absolute atomic E-state index is 0.229. The highest BCUT2D eigenvalue weighted by molar-refractivity contribution is 8.00. The van der Waals surface area contributed by atoms with Crippen molar-refractivity contribution in [2.75, 3.05) is 13.2 Å². The molecule has 3 aromatic rings. The summed E-state index contributed by atoms with van der Waals surface area (Å²) in [4.78, 5) is 31.5. The maximum absolute atomic E-state index is 12.9. The lowest BCUT2D eigenvalue weighted by Crippen LogP contribution is -2.34. The fraction of sp³-hybridized carbons (Fsp3) is 0.393. The number of fused-ring (bicyclic) bond motifs is 1. The molecule has 0 bridgehead atoms. The standard InChI is InChI=1S/C28H31NO5S2/c1-3-16-33-27(31)24(26(30)32-4-2)22-14-9-15-23-25(22)36-28(29-23)35-18-19-10-8-13-21(17-19)34-20-11-6-5-7-12-20/h5-8,10-13,17,22,24H,3-4,9,14-16,18H2,1-2H3. The third kappa shape index (κ3) is 6.68. The maximum atomic E-state index is 12.9. The van der Waals surface area contributed by atoms with Gasteiger partial charge in [-0.25, -0.2) is 4.98 Å². The molecule has 0 amide bonds. The number of thioether (sulfide) groups is 1. The van der Waals surface area contributed by atoms with Gasteiger partial charge in [0.05, 0.1) is 18.9 Å². The molecule has 0 fully saturated rings. The molecule has 1 aromatic heterocycles. The second-order valence-corrected chi connectivity index (χ2v) is 10.8. The van der Waals surface area contributed by atoms with Crippen LogP contribution in [0.4, 0.5) is 0 Å². The van der Waals surface area contributed by atoms with Crippen molar-refractivity contribution >= 4 is 35.0 Å². The van der Waals surface area contributed by atoms with E-state index < -0.39 is 17.9 Å². The van der Waals surface area contributed by atoms with E-state index in [1.165, 1.54) is 0 Å². The van der Waals surface area contributed by atoms with Gasteiger partial charge < -0.3 is 14.2 Å². The van der Waals surface area contributed by atoms with Gasteiger partial charge in [0.1, 0.15) is 11.5 Å². The molecule has 2 atom stereocenters. The largest absolute Gasteiger partial charge is 0.465 e. The van der Waals surface area contributed by atoms with Crippen molar-refractivity contribution in [1.29, 1.82) is 0 Å². The fourth-order valence-corrected chi connectivity index (χ4v) is 6.57. The third-order valence-electron chi connectivity index (χ3n) is 5.86. The van der Waals surface area contributed by atoms with Crippen molar-refractivity contribution in [3.63, 3.8) is 0 Å². The molecule has 4 rings (SSSR count). The number of carbonyl (C=O) groups excluding carboxylic acids is 2. The monoisotopic (exact) mass is 525 g/mol. The van der Waals surface area contributed by atoms with Gasteiger partial charge in [0.25, 0.3) is 0 Å². The summed E-state index contributed by atoms with van der Waals surface area (Å²) >= 11 is 3.24. The Morgan fingerprint density at radius 1 is 1.06 bits per heavy atom. The summed E-state index contributed by atoms with van der Waals surface area (Å²) in [6.45, 7) is 4.21. The average Bonchev–Trinajstić information content (AvgIpc) is 3.31. The van der Waals surface area contributed by atoms with Crippen molar-refractivity contribution in [3.8, 4) is 11.5 Å². The second kappa shape index (κ2) is 12.9. The van der Waals surface area contributed by atoms with E-state index in [-0.39, 0.29) is 12.5 Å². The van der Waals surface area contributed by atoms with Gasteiger partial charge >= 0.3 is 11.9 Å². The zero-order valence-corrected chi connectivity index (χ0v) is 22.2. The molecule has 0 radical (unpaired) electrons. The molecule has 8 heteroatoms. The van der Waals surface area contributed by atoms with Crippen LogP contribution in [0.5, 0.6) is 11.5 Å². The zero-order chi connectivity index (χ0) is 25.3. The summed E-state index contributed by atoms with van der Waals surface area (Å²) in [6, 6.07) is 17.8. The van der Waals surface area contributed by atoms with Crippen LogP contribution in [0.2, 0.25) is 0 Å². The number of aryl methyl sites for hydroxylation is 1. The maximum Gasteiger partial charge on any atom is 0.320 e. The summed E-state index contributed by atoms with van der Waals surface area (Å²) in [6.07, 6.45) is 3.17. The van der Waals surface area contributed by atoms with Gasteiger partial charge in [-0.3, -0.25) is 9.59 Å². The summed E-state index contributed by atoms with van der Waals surface area (Å²) in [7, 11) is 0. The normalized spacial score (nSPS) is 15.6. The molecule has 36 heavy (non-hydrogen) atoms. The Morgan fingerprint density at radius 3 is 2.61 bits per heavy atom. The number of rotatable bonds is 11. The minimum Gasteiger partial charge on any atom is -0.465 e. The van der Waals surface area contributed by atoms with Crippen LogP contribution < -0.4 is 4.74 Å². The van der Waals surface area contributed by atoms with Crippen molar-refractivity contribution in [2.45, 2.75) is 55.5 Å². The number of nitrogens with zero attached hydrogens (tertiary/aromatic N) is 1. The number of hydrogen-bond donors (Lipinski definition) is 0. The van der Waals surface area contributed by atoms with Gasteiger partial charge in [0.15, 0.2) is 10.3 Å². The van der Waals surface area contributed by atoms with E-state index in [4.69, 9.17) is 19.2 Å². The van der Waals surface area contributed by atoms with Crippen LogP contribution in [0.1, 0.15) is 55.2 Å². The van der Waals surface area contributed by atoms with E-state index in [9.17, 15) is 9.59 Å². The Labute approximate surface area is 220 Å². The van der Waals surface area contributed by atoms with E-state index in [1.807, 2.05) is 55.5 Å². The smallest absolute Gasteiger partial charge is 0.320 e. The topological polar surface area (TPSA) is 74.7 Å². The number of hydrogen-bond acceptors (Lipinski definition) is 8. The number of carbonyl (C=O) groups is 2. The second-order valence-electron chi connectivity index (χ2n) is 8.54. The number of aromatic nitrogens is 1. The summed E-state index contributed by atoms with van der Waals surface area (Å²) in [5.74, 6) is 0.130. The first-order valence-corrected chi connectivity index (χ1v) is 14.2. The summed E-state index contributed by atoms with van der Waals surface area (Å²) in [5.41, 5.74) is 2.11. The Balaban J connectivity index is 1.47. The molecule has 2 unspecified atom stereocenters. The highest BCUT2D eigenvalue weighted by Crippen LogP contribution is 2.44. The molecule has 0 saturated heterocycles. The average molecular weight is 526 g/mol. The predicted molar refractivity (Wildman–Crippen MR) is 142 cm³/mol. The lowest BCUT2D eigenvalue weighted by Gasteiger charge is -2.26. The Bertz CT molecular complexity index is 1160. The molecule has 0 spiro atoms. The first-order valence-electron chi connectivity index (χ1n) is 12.4. The number of esters is 2. The molecular formula is C28H31NO5S2. The Kier molecular flexibility index (Phi) is 9.41. The van der Waals surface area contributed by atoms with Crippen molar-refractivity contribution in [3.05, 3.63) is 70.7 Å². The Hall–Kier alpha value is -2.84. The molecule has 0 N–H and O–H groups in total. The van der Waals surface area contributed by atoms with Crippen LogP contribution in [0, 0.1) is 5.92 Å². The van der Waals surface area contributed by atoms with Gasteiger partial charge in [0.2, 0.25) is 0 Å².